The Morgan fingerprint density at radius 2 is 1.41 bits per heavy atom. The third kappa shape index (κ3) is 9.58. The minimum Gasteiger partial charge on any atom is -0.394 e. The third-order valence-electron chi connectivity index (χ3n) is 3.65. The van der Waals surface area contributed by atoms with E-state index >= 15 is 0 Å². The van der Waals surface area contributed by atoms with Crippen molar-refractivity contribution in [3.8, 4) is 0 Å². The molecule has 0 aliphatic heterocycles. The van der Waals surface area contributed by atoms with Gasteiger partial charge in [-0.1, -0.05) is 12.1 Å². The zero-order valence-corrected chi connectivity index (χ0v) is 17.2. The number of nitro groups is 1. The van der Waals surface area contributed by atoms with Crippen LogP contribution in [0.15, 0.2) is 29.2 Å². The molecule has 1 N–H and O–H groups in total. The third-order valence-corrected chi connectivity index (χ3v) is 5.56. The summed E-state index contributed by atoms with van der Waals surface area (Å²) in [6.07, 6.45) is 0. The Bertz CT molecular complexity index is 700. The molecular weight excluding hydrogens is 408 g/mol. The summed E-state index contributed by atoms with van der Waals surface area (Å²) in [6, 6.07) is 5.21. The highest BCUT2D eigenvalue weighted by molar-refractivity contribution is 7.89. The summed E-state index contributed by atoms with van der Waals surface area (Å²) < 4.78 is 47.0. The van der Waals surface area contributed by atoms with Crippen molar-refractivity contribution < 1.29 is 37.4 Å². The van der Waals surface area contributed by atoms with E-state index in [0.29, 0.717) is 33.0 Å². The normalized spacial score (nSPS) is 11.8. The second-order valence-corrected chi connectivity index (χ2v) is 7.74. The van der Waals surface area contributed by atoms with Gasteiger partial charge in [-0.2, -0.15) is 4.31 Å². The number of nitro benzene ring substituents is 1. The van der Waals surface area contributed by atoms with Crippen molar-refractivity contribution in [2.75, 3.05) is 73.1 Å². The molecule has 12 heteroatoms. The topological polar surface area (TPSA) is 138 Å². The molecule has 1 aromatic carbocycles. The Hall–Kier alpha value is -1.67. The van der Waals surface area contributed by atoms with Crippen molar-refractivity contribution in [2.45, 2.75) is 4.90 Å². The van der Waals surface area contributed by atoms with E-state index in [2.05, 4.69) is 0 Å². The largest absolute Gasteiger partial charge is 0.394 e. The SMILES string of the molecule is CN(CCOCCOCCOCCOCCO)S(=O)(=O)c1ccccc1[N+](=O)[O-]. The van der Waals surface area contributed by atoms with E-state index in [4.69, 9.17) is 24.1 Å². The molecule has 29 heavy (non-hydrogen) atoms. The van der Waals surface area contributed by atoms with Crippen molar-refractivity contribution in [2.24, 2.45) is 0 Å². The first kappa shape index (κ1) is 25.4. The molecule has 1 rings (SSSR count). The molecule has 0 saturated heterocycles. The summed E-state index contributed by atoms with van der Waals surface area (Å²) >= 11 is 0. The van der Waals surface area contributed by atoms with E-state index in [1.54, 1.807) is 0 Å². The summed E-state index contributed by atoms with van der Waals surface area (Å²) in [7, 11) is -2.65. The monoisotopic (exact) mass is 436 g/mol. The smallest absolute Gasteiger partial charge is 0.289 e. The average molecular weight is 436 g/mol. The van der Waals surface area contributed by atoms with E-state index in [-0.39, 0.29) is 37.9 Å². The van der Waals surface area contributed by atoms with Crippen LogP contribution >= 0.6 is 0 Å². The summed E-state index contributed by atoms with van der Waals surface area (Å²) in [6.45, 7) is 2.65. The maximum atomic E-state index is 12.5. The molecular formula is C17H28N2O9S. The van der Waals surface area contributed by atoms with Crippen LogP contribution in [0.4, 0.5) is 5.69 Å². The predicted molar refractivity (Wildman–Crippen MR) is 103 cm³/mol. The van der Waals surface area contributed by atoms with Gasteiger partial charge in [0, 0.05) is 19.7 Å². The average Bonchev–Trinajstić information content (AvgIpc) is 2.71. The van der Waals surface area contributed by atoms with E-state index in [1.165, 1.54) is 25.2 Å². The van der Waals surface area contributed by atoms with Crippen LogP contribution < -0.4 is 0 Å². The number of ether oxygens (including phenoxy) is 4. The van der Waals surface area contributed by atoms with Crippen LogP contribution in [0.5, 0.6) is 0 Å². The molecule has 166 valence electrons. The minimum atomic E-state index is -3.99. The number of likely N-dealkylation sites (N-methyl/N-ethyl adjacent to an activating group) is 1. The zero-order valence-electron chi connectivity index (χ0n) is 16.4. The van der Waals surface area contributed by atoms with Crippen molar-refractivity contribution in [1.29, 1.82) is 0 Å². The highest BCUT2D eigenvalue weighted by atomic mass is 32.2. The Kier molecular flexibility index (Phi) is 12.5. The highest BCUT2D eigenvalue weighted by Gasteiger charge is 2.28. The fourth-order valence-corrected chi connectivity index (χ4v) is 3.44. The molecule has 0 aliphatic rings. The predicted octanol–water partition coefficient (Wildman–Crippen LogP) is 0.274. The summed E-state index contributed by atoms with van der Waals surface area (Å²) in [5.74, 6) is 0. The lowest BCUT2D eigenvalue weighted by atomic mass is 10.3. The number of nitrogens with zero attached hydrogens (tertiary/aromatic N) is 2. The molecule has 0 spiro atoms. The summed E-state index contributed by atoms with van der Waals surface area (Å²) in [5.41, 5.74) is -0.462. The maximum Gasteiger partial charge on any atom is 0.289 e. The Balaban J connectivity index is 2.18. The molecule has 0 bridgehead atoms. The molecule has 0 fully saturated rings. The lowest BCUT2D eigenvalue weighted by Crippen LogP contribution is -2.31. The van der Waals surface area contributed by atoms with Gasteiger partial charge in [0.2, 0.25) is 10.0 Å². The van der Waals surface area contributed by atoms with Gasteiger partial charge in [0.15, 0.2) is 4.90 Å². The number of aliphatic hydroxyl groups excluding tert-OH is 1. The molecule has 0 saturated carbocycles. The number of sulfonamides is 1. The van der Waals surface area contributed by atoms with E-state index in [1.807, 2.05) is 0 Å². The number of hydrogen-bond donors (Lipinski definition) is 1. The van der Waals surface area contributed by atoms with Crippen molar-refractivity contribution >= 4 is 15.7 Å². The van der Waals surface area contributed by atoms with Gasteiger partial charge in [-0.25, -0.2) is 8.42 Å². The number of hydrogen-bond acceptors (Lipinski definition) is 9. The van der Waals surface area contributed by atoms with Gasteiger partial charge in [-0.3, -0.25) is 10.1 Å². The van der Waals surface area contributed by atoms with Gasteiger partial charge in [0.05, 0.1) is 64.4 Å². The number of benzene rings is 1. The van der Waals surface area contributed by atoms with Crippen LogP contribution in [0.2, 0.25) is 0 Å². The van der Waals surface area contributed by atoms with Gasteiger partial charge in [0.1, 0.15) is 0 Å². The molecule has 0 heterocycles. The Morgan fingerprint density at radius 3 is 1.93 bits per heavy atom. The molecule has 0 radical (unpaired) electrons. The van der Waals surface area contributed by atoms with Crippen LogP contribution in [0.1, 0.15) is 0 Å². The number of aliphatic hydroxyl groups is 1. The first-order valence-corrected chi connectivity index (χ1v) is 10.5. The van der Waals surface area contributed by atoms with Crippen molar-refractivity contribution in [1.82, 2.24) is 4.31 Å². The maximum absolute atomic E-state index is 12.5. The Labute approximate surface area is 170 Å². The van der Waals surface area contributed by atoms with Gasteiger partial charge < -0.3 is 24.1 Å². The Morgan fingerprint density at radius 1 is 0.931 bits per heavy atom. The first-order chi connectivity index (χ1) is 13.9. The number of rotatable bonds is 17. The van der Waals surface area contributed by atoms with Crippen LogP contribution in [0.3, 0.4) is 0 Å². The second-order valence-electron chi connectivity index (χ2n) is 5.72. The molecule has 0 aliphatic carbocycles. The van der Waals surface area contributed by atoms with Crippen molar-refractivity contribution in [3.63, 3.8) is 0 Å². The van der Waals surface area contributed by atoms with Crippen LogP contribution in [-0.4, -0.2) is 95.8 Å². The zero-order chi connectivity index (χ0) is 21.5. The lowest BCUT2D eigenvalue weighted by molar-refractivity contribution is -0.387. The van der Waals surface area contributed by atoms with Crippen LogP contribution in [0, 0.1) is 10.1 Å². The van der Waals surface area contributed by atoms with E-state index < -0.39 is 20.6 Å². The molecule has 11 nitrogen and oxygen atoms in total. The van der Waals surface area contributed by atoms with Gasteiger partial charge >= 0.3 is 0 Å². The number of para-hydroxylation sites is 1. The first-order valence-electron chi connectivity index (χ1n) is 9.03. The van der Waals surface area contributed by atoms with E-state index in [9.17, 15) is 18.5 Å². The fourth-order valence-electron chi connectivity index (χ4n) is 2.13. The van der Waals surface area contributed by atoms with Gasteiger partial charge in [0.25, 0.3) is 5.69 Å². The van der Waals surface area contributed by atoms with Gasteiger partial charge in [-0.15, -0.1) is 0 Å². The minimum absolute atomic E-state index is 0.0169. The van der Waals surface area contributed by atoms with E-state index in [0.717, 1.165) is 10.4 Å². The van der Waals surface area contributed by atoms with Crippen LogP contribution in [-0.2, 0) is 29.0 Å². The molecule has 1 aromatic rings. The highest BCUT2D eigenvalue weighted by Crippen LogP contribution is 2.25. The summed E-state index contributed by atoms with van der Waals surface area (Å²) in [4.78, 5) is 9.97. The molecule has 0 atom stereocenters. The lowest BCUT2D eigenvalue weighted by Gasteiger charge is -2.17. The second kappa shape index (κ2) is 14.3. The van der Waals surface area contributed by atoms with Crippen molar-refractivity contribution in [3.05, 3.63) is 34.4 Å². The standard InChI is InChI=1S/C17H28N2O9S/c1-18(29(23,24)17-5-3-2-4-16(17)19(21)22)6-8-25-10-12-27-14-15-28-13-11-26-9-7-20/h2-5,20H,6-15H2,1H3. The molecule has 0 amide bonds. The van der Waals surface area contributed by atoms with Crippen LogP contribution in [0.25, 0.3) is 0 Å². The van der Waals surface area contributed by atoms with Gasteiger partial charge in [-0.05, 0) is 6.07 Å². The summed E-state index contributed by atoms with van der Waals surface area (Å²) in [5, 5.41) is 19.6. The quantitative estimate of drug-likeness (QED) is 0.207. The molecule has 0 aromatic heterocycles. The molecule has 0 unspecified atom stereocenters. The fraction of sp³-hybridized carbons (Fsp3) is 0.647.